The summed E-state index contributed by atoms with van der Waals surface area (Å²) in [5.41, 5.74) is 5.65. The van der Waals surface area contributed by atoms with Crippen LogP contribution in [-0.4, -0.2) is 57.8 Å². The number of aromatic nitrogens is 1. The van der Waals surface area contributed by atoms with Gasteiger partial charge in [0.2, 0.25) is 0 Å². The third kappa shape index (κ3) is 3.26. The smallest absolute Gasteiger partial charge is 0.288 e. The number of nitrogens with zero attached hydrogens (tertiary/aromatic N) is 4. The van der Waals surface area contributed by atoms with Crippen molar-refractivity contribution in [2.75, 3.05) is 31.9 Å². The van der Waals surface area contributed by atoms with E-state index in [0.29, 0.717) is 19.1 Å². The van der Waals surface area contributed by atoms with Crippen LogP contribution in [0.15, 0.2) is 12.3 Å². The Morgan fingerprint density at radius 1 is 1.30 bits per heavy atom. The molecule has 0 aliphatic carbocycles. The van der Waals surface area contributed by atoms with Gasteiger partial charge in [0.15, 0.2) is 0 Å². The molecule has 124 valence electrons. The van der Waals surface area contributed by atoms with Crippen molar-refractivity contribution in [2.24, 2.45) is 0 Å². The van der Waals surface area contributed by atoms with E-state index in [-0.39, 0.29) is 23.0 Å². The van der Waals surface area contributed by atoms with Gasteiger partial charge in [-0.15, -0.1) is 0 Å². The van der Waals surface area contributed by atoms with Crippen LogP contribution in [0.1, 0.15) is 36.0 Å². The van der Waals surface area contributed by atoms with Gasteiger partial charge in [-0.3, -0.25) is 19.8 Å². The molecule has 1 atom stereocenters. The number of hydrogen-bond acceptors (Lipinski definition) is 6. The topological polar surface area (TPSA) is 106 Å². The normalized spacial score (nSPS) is 22.3. The van der Waals surface area contributed by atoms with E-state index in [0.717, 1.165) is 25.7 Å². The van der Waals surface area contributed by atoms with Crippen molar-refractivity contribution in [3.8, 4) is 0 Å². The van der Waals surface area contributed by atoms with Gasteiger partial charge in [-0.2, -0.15) is 0 Å². The van der Waals surface area contributed by atoms with Gasteiger partial charge in [0.05, 0.1) is 10.5 Å². The molecule has 3 heterocycles. The number of amides is 1. The Labute approximate surface area is 134 Å². The zero-order valence-corrected chi connectivity index (χ0v) is 13.0. The third-order valence-electron chi connectivity index (χ3n) is 4.70. The summed E-state index contributed by atoms with van der Waals surface area (Å²) in [6.45, 7) is 3.49. The number of piperidine rings is 1. The highest BCUT2D eigenvalue weighted by atomic mass is 16.6. The molecular weight excluding hydrogens is 298 g/mol. The number of carbonyl (C=O) groups excluding carboxylic acids is 1. The fourth-order valence-electron chi connectivity index (χ4n) is 3.41. The molecule has 8 heteroatoms. The van der Waals surface area contributed by atoms with Crippen LogP contribution in [0.3, 0.4) is 0 Å². The zero-order valence-electron chi connectivity index (χ0n) is 13.0. The quantitative estimate of drug-likeness (QED) is 0.664. The first-order valence-corrected chi connectivity index (χ1v) is 7.99. The standard InChI is InChI=1S/C15H21N5O3/c16-14-13(8-12(9-17-14)20(22)23)15(21)19-7-4-11(10-19)18-5-2-1-3-6-18/h8-9,11H,1-7,10H2,(H2,16,17). The molecule has 0 aromatic carbocycles. The molecule has 3 rings (SSSR count). The molecule has 2 N–H and O–H groups in total. The van der Waals surface area contributed by atoms with E-state index in [1.54, 1.807) is 4.90 Å². The van der Waals surface area contributed by atoms with Gasteiger partial charge in [0, 0.05) is 25.2 Å². The minimum Gasteiger partial charge on any atom is -0.383 e. The van der Waals surface area contributed by atoms with E-state index in [9.17, 15) is 14.9 Å². The van der Waals surface area contributed by atoms with Gasteiger partial charge >= 0.3 is 0 Å². The highest BCUT2D eigenvalue weighted by Gasteiger charge is 2.32. The molecule has 2 aliphatic rings. The maximum atomic E-state index is 12.6. The average Bonchev–Trinajstić information content (AvgIpc) is 3.05. The Morgan fingerprint density at radius 2 is 2.04 bits per heavy atom. The molecule has 1 amide bonds. The van der Waals surface area contributed by atoms with Crippen LogP contribution in [-0.2, 0) is 0 Å². The fraction of sp³-hybridized carbons (Fsp3) is 0.600. The summed E-state index contributed by atoms with van der Waals surface area (Å²) < 4.78 is 0. The monoisotopic (exact) mass is 319 g/mol. The molecule has 2 aliphatic heterocycles. The predicted octanol–water partition coefficient (Wildman–Crippen LogP) is 1.27. The molecule has 0 radical (unpaired) electrons. The number of hydrogen-bond donors (Lipinski definition) is 1. The number of pyridine rings is 1. The second-order valence-corrected chi connectivity index (χ2v) is 6.17. The van der Waals surface area contributed by atoms with Gasteiger partial charge in [-0.25, -0.2) is 4.98 Å². The van der Waals surface area contributed by atoms with Crippen molar-refractivity contribution < 1.29 is 9.72 Å². The van der Waals surface area contributed by atoms with Crippen molar-refractivity contribution in [1.82, 2.24) is 14.8 Å². The predicted molar refractivity (Wildman–Crippen MR) is 85.0 cm³/mol. The minimum absolute atomic E-state index is 0.0435. The third-order valence-corrected chi connectivity index (χ3v) is 4.70. The summed E-state index contributed by atoms with van der Waals surface area (Å²) in [7, 11) is 0. The maximum absolute atomic E-state index is 12.6. The fourth-order valence-corrected chi connectivity index (χ4v) is 3.41. The summed E-state index contributed by atoms with van der Waals surface area (Å²) >= 11 is 0. The molecule has 0 bridgehead atoms. The molecule has 0 saturated carbocycles. The van der Waals surface area contributed by atoms with Crippen molar-refractivity contribution in [1.29, 1.82) is 0 Å². The SMILES string of the molecule is Nc1ncc([N+](=O)[O-])cc1C(=O)N1CCC(N2CCCCC2)C1. The lowest BCUT2D eigenvalue weighted by Gasteiger charge is -2.32. The van der Waals surface area contributed by atoms with Gasteiger partial charge in [-0.1, -0.05) is 6.42 Å². The first-order valence-electron chi connectivity index (χ1n) is 7.99. The highest BCUT2D eigenvalue weighted by Crippen LogP contribution is 2.24. The molecule has 0 spiro atoms. The molecule has 1 unspecified atom stereocenters. The van der Waals surface area contributed by atoms with E-state index in [1.807, 2.05) is 0 Å². The maximum Gasteiger partial charge on any atom is 0.288 e. The number of nitrogens with two attached hydrogens (primary N) is 1. The Hall–Kier alpha value is -2.22. The zero-order chi connectivity index (χ0) is 16.4. The minimum atomic E-state index is -0.566. The number of nitrogen functional groups attached to an aromatic ring is 1. The first kappa shape index (κ1) is 15.7. The van der Waals surface area contributed by atoms with Gasteiger partial charge in [0.1, 0.15) is 12.0 Å². The van der Waals surface area contributed by atoms with Crippen LogP contribution in [0.4, 0.5) is 11.5 Å². The van der Waals surface area contributed by atoms with Crippen LogP contribution in [0.5, 0.6) is 0 Å². The van der Waals surface area contributed by atoms with Crippen molar-refractivity contribution in [3.63, 3.8) is 0 Å². The van der Waals surface area contributed by atoms with Crippen LogP contribution < -0.4 is 5.73 Å². The lowest BCUT2D eigenvalue weighted by Crippen LogP contribution is -2.41. The summed E-state index contributed by atoms with van der Waals surface area (Å²) in [5, 5.41) is 10.9. The Kier molecular flexibility index (Phi) is 4.42. The van der Waals surface area contributed by atoms with Crippen LogP contribution >= 0.6 is 0 Å². The number of likely N-dealkylation sites (tertiary alicyclic amines) is 2. The first-order chi connectivity index (χ1) is 11.1. The average molecular weight is 319 g/mol. The molecule has 1 aromatic heterocycles. The second kappa shape index (κ2) is 6.49. The van der Waals surface area contributed by atoms with Crippen molar-refractivity contribution >= 4 is 17.4 Å². The number of carbonyl (C=O) groups is 1. The molecular formula is C15H21N5O3. The van der Waals surface area contributed by atoms with Gasteiger partial charge < -0.3 is 10.6 Å². The van der Waals surface area contributed by atoms with E-state index in [1.165, 1.54) is 25.3 Å². The summed E-state index contributed by atoms with van der Waals surface area (Å²) in [6.07, 6.45) is 5.72. The van der Waals surface area contributed by atoms with Crippen molar-refractivity contribution in [3.05, 3.63) is 27.9 Å². The molecule has 1 aromatic rings. The summed E-state index contributed by atoms with van der Waals surface area (Å²) in [5.74, 6) is -0.222. The summed E-state index contributed by atoms with van der Waals surface area (Å²) in [6, 6.07) is 1.60. The number of rotatable bonds is 3. The van der Waals surface area contributed by atoms with E-state index in [2.05, 4.69) is 9.88 Å². The van der Waals surface area contributed by atoms with Gasteiger partial charge in [-0.05, 0) is 32.4 Å². The molecule has 8 nitrogen and oxygen atoms in total. The van der Waals surface area contributed by atoms with Crippen LogP contribution in [0, 0.1) is 10.1 Å². The molecule has 2 saturated heterocycles. The van der Waals surface area contributed by atoms with Crippen LogP contribution in [0.2, 0.25) is 0 Å². The summed E-state index contributed by atoms with van der Waals surface area (Å²) in [4.78, 5) is 30.9. The lowest BCUT2D eigenvalue weighted by atomic mass is 10.1. The molecule has 23 heavy (non-hydrogen) atoms. The van der Waals surface area contributed by atoms with Gasteiger partial charge in [0.25, 0.3) is 11.6 Å². The largest absolute Gasteiger partial charge is 0.383 e. The Balaban J connectivity index is 1.71. The highest BCUT2D eigenvalue weighted by molar-refractivity contribution is 5.99. The molecule has 2 fully saturated rings. The van der Waals surface area contributed by atoms with E-state index < -0.39 is 4.92 Å². The number of anilines is 1. The Morgan fingerprint density at radius 3 is 2.74 bits per heavy atom. The van der Waals surface area contributed by atoms with Crippen molar-refractivity contribution in [2.45, 2.75) is 31.7 Å². The van der Waals surface area contributed by atoms with E-state index >= 15 is 0 Å². The van der Waals surface area contributed by atoms with Crippen LogP contribution in [0.25, 0.3) is 0 Å². The second-order valence-electron chi connectivity index (χ2n) is 6.17. The number of nitro groups is 1. The lowest BCUT2D eigenvalue weighted by molar-refractivity contribution is -0.385. The van der Waals surface area contributed by atoms with E-state index in [4.69, 9.17) is 5.73 Å². The Bertz CT molecular complexity index is 615.